The normalized spacial score (nSPS) is 13.0. The van der Waals surface area contributed by atoms with Gasteiger partial charge in [0.2, 0.25) is 0 Å². The van der Waals surface area contributed by atoms with Crippen LogP contribution in [0.25, 0.3) is 75.5 Å². The summed E-state index contributed by atoms with van der Waals surface area (Å²) in [5.74, 6) is 0. The Balaban J connectivity index is 1.12. The molecular formula is C59H37NS. The molecule has 0 unspecified atom stereocenters. The van der Waals surface area contributed by atoms with Crippen molar-refractivity contribution in [1.29, 1.82) is 0 Å². The van der Waals surface area contributed by atoms with Gasteiger partial charge >= 0.3 is 0 Å². The molecule has 284 valence electrons. The summed E-state index contributed by atoms with van der Waals surface area (Å²) in [6.45, 7) is 0. The number of anilines is 3. The van der Waals surface area contributed by atoms with Crippen molar-refractivity contribution in [3.63, 3.8) is 0 Å². The average molecular weight is 792 g/mol. The van der Waals surface area contributed by atoms with E-state index in [0.29, 0.717) is 0 Å². The van der Waals surface area contributed by atoms with E-state index in [1.165, 1.54) is 103 Å². The van der Waals surface area contributed by atoms with Crippen molar-refractivity contribution in [2.24, 2.45) is 0 Å². The van der Waals surface area contributed by atoms with E-state index in [1.54, 1.807) is 0 Å². The lowest BCUT2D eigenvalue weighted by molar-refractivity contribution is 0.793. The monoisotopic (exact) mass is 791 g/mol. The Morgan fingerprint density at radius 3 is 1.51 bits per heavy atom. The van der Waals surface area contributed by atoms with E-state index in [4.69, 9.17) is 0 Å². The molecule has 1 aromatic heterocycles. The third kappa shape index (κ3) is 4.88. The van der Waals surface area contributed by atoms with Crippen molar-refractivity contribution in [1.82, 2.24) is 0 Å². The SMILES string of the molecule is c1ccc(-c2ccc(N(c3ccc4c(c3)C3(c5ccccc5-c5ccccc53)c3ccccc3-4)c3cc4ccccc4c4c3sc3c(-c5ccccc5)cccc34)cc2)cc1. The van der Waals surface area contributed by atoms with Gasteiger partial charge in [0.05, 0.1) is 15.8 Å². The van der Waals surface area contributed by atoms with Gasteiger partial charge in [-0.05, 0) is 108 Å². The van der Waals surface area contributed by atoms with Crippen LogP contribution in [0.3, 0.4) is 0 Å². The van der Waals surface area contributed by atoms with Gasteiger partial charge in [-0.3, -0.25) is 0 Å². The third-order valence-electron chi connectivity index (χ3n) is 13.3. The zero-order valence-electron chi connectivity index (χ0n) is 33.2. The van der Waals surface area contributed by atoms with Crippen molar-refractivity contribution in [2.45, 2.75) is 5.41 Å². The minimum absolute atomic E-state index is 0.446. The molecule has 1 heterocycles. The molecule has 10 aromatic carbocycles. The molecule has 1 nitrogen and oxygen atoms in total. The first-order valence-electron chi connectivity index (χ1n) is 21.1. The van der Waals surface area contributed by atoms with Crippen LogP contribution in [0.15, 0.2) is 224 Å². The number of rotatable bonds is 5. The van der Waals surface area contributed by atoms with Gasteiger partial charge in [-0.2, -0.15) is 0 Å². The third-order valence-corrected chi connectivity index (χ3v) is 14.5. The summed E-state index contributed by atoms with van der Waals surface area (Å²) in [4.78, 5) is 2.53. The van der Waals surface area contributed by atoms with E-state index < -0.39 is 5.41 Å². The van der Waals surface area contributed by atoms with Crippen LogP contribution in [0, 0.1) is 0 Å². The predicted molar refractivity (Wildman–Crippen MR) is 259 cm³/mol. The molecular weight excluding hydrogens is 755 g/mol. The quantitative estimate of drug-likeness (QED) is 0.168. The molecule has 2 aliphatic carbocycles. The fourth-order valence-electron chi connectivity index (χ4n) is 10.7. The number of thiophene rings is 1. The van der Waals surface area contributed by atoms with Gasteiger partial charge in [-0.25, -0.2) is 0 Å². The maximum Gasteiger partial charge on any atom is 0.0726 e. The van der Waals surface area contributed by atoms with Crippen LogP contribution in [0.5, 0.6) is 0 Å². The standard InChI is InChI=1S/C59H37NS/c1-3-16-38(17-4-1)39-30-32-42(33-31-39)60(55-36-41-20-7-8-21-44(41)56-50-26-15-25-45(57(50)61-58(55)56)40-18-5-2-6-19-40)43-34-35-49-48-24-11-14-29-53(48)59(54(49)37-43)51-27-12-9-22-46(51)47-23-10-13-28-52(47)59/h1-37H. The molecule has 0 atom stereocenters. The second-order valence-corrected chi connectivity index (χ2v) is 17.4. The maximum absolute atomic E-state index is 2.53. The first-order valence-corrected chi connectivity index (χ1v) is 21.9. The zero-order chi connectivity index (χ0) is 40.1. The molecule has 61 heavy (non-hydrogen) atoms. The van der Waals surface area contributed by atoms with Crippen LogP contribution in [-0.2, 0) is 5.41 Å². The number of hydrogen-bond acceptors (Lipinski definition) is 2. The Labute approximate surface area is 359 Å². The minimum atomic E-state index is -0.446. The van der Waals surface area contributed by atoms with Crippen LogP contribution >= 0.6 is 11.3 Å². The zero-order valence-corrected chi connectivity index (χ0v) is 34.0. The molecule has 0 amide bonds. The van der Waals surface area contributed by atoms with Crippen LogP contribution in [0.1, 0.15) is 22.3 Å². The molecule has 2 aliphatic rings. The molecule has 0 bridgehead atoms. The van der Waals surface area contributed by atoms with Crippen molar-refractivity contribution in [3.05, 3.63) is 247 Å². The number of benzene rings is 10. The maximum atomic E-state index is 2.53. The average Bonchev–Trinajstić information content (AvgIpc) is 3.97. The van der Waals surface area contributed by atoms with Gasteiger partial charge in [0, 0.05) is 26.8 Å². The van der Waals surface area contributed by atoms with Gasteiger partial charge in [-0.1, -0.05) is 194 Å². The molecule has 13 rings (SSSR count). The van der Waals surface area contributed by atoms with Gasteiger partial charge in [-0.15, -0.1) is 11.3 Å². The summed E-state index contributed by atoms with van der Waals surface area (Å²) in [5.41, 5.74) is 18.5. The molecule has 0 radical (unpaired) electrons. The lowest BCUT2D eigenvalue weighted by Crippen LogP contribution is -2.26. The minimum Gasteiger partial charge on any atom is -0.309 e. The number of hydrogen-bond donors (Lipinski definition) is 0. The first-order chi connectivity index (χ1) is 30.3. The van der Waals surface area contributed by atoms with E-state index in [2.05, 4.69) is 229 Å². The fourth-order valence-corrected chi connectivity index (χ4v) is 12.1. The molecule has 11 aromatic rings. The summed E-state index contributed by atoms with van der Waals surface area (Å²) in [7, 11) is 0. The number of fused-ring (bicyclic) bond motifs is 15. The highest BCUT2D eigenvalue weighted by Crippen LogP contribution is 2.63. The fraction of sp³-hybridized carbons (Fsp3) is 0.0169. The van der Waals surface area contributed by atoms with Gasteiger partial charge in [0.1, 0.15) is 0 Å². The summed E-state index contributed by atoms with van der Waals surface area (Å²) in [5, 5.41) is 5.10. The van der Waals surface area contributed by atoms with Crippen LogP contribution in [0.4, 0.5) is 17.1 Å². The highest BCUT2D eigenvalue weighted by molar-refractivity contribution is 7.27. The van der Waals surface area contributed by atoms with E-state index in [0.717, 1.165) is 11.4 Å². The summed E-state index contributed by atoms with van der Waals surface area (Å²) >= 11 is 1.92. The van der Waals surface area contributed by atoms with E-state index in [1.807, 2.05) is 11.3 Å². The largest absolute Gasteiger partial charge is 0.309 e. The van der Waals surface area contributed by atoms with Crippen LogP contribution in [-0.4, -0.2) is 0 Å². The molecule has 0 fully saturated rings. The Morgan fingerprint density at radius 1 is 0.328 bits per heavy atom. The smallest absolute Gasteiger partial charge is 0.0726 e. The molecule has 1 spiro atoms. The molecule has 0 saturated heterocycles. The first kappa shape index (κ1) is 34.4. The summed E-state index contributed by atoms with van der Waals surface area (Å²) in [6, 6.07) is 83.4. The Kier molecular flexibility index (Phi) is 7.46. The topological polar surface area (TPSA) is 3.24 Å². The van der Waals surface area contributed by atoms with Crippen molar-refractivity contribution < 1.29 is 0 Å². The predicted octanol–water partition coefficient (Wildman–Crippen LogP) is 16.4. The van der Waals surface area contributed by atoms with Gasteiger partial charge in [0.25, 0.3) is 0 Å². The second-order valence-electron chi connectivity index (χ2n) is 16.3. The Morgan fingerprint density at radius 2 is 0.836 bits per heavy atom. The number of nitrogens with zero attached hydrogens (tertiary/aromatic N) is 1. The lowest BCUT2D eigenvalue weighted by atomic mass is 9.70. The van der Waals surface area contributed by atoms with Gasteiger partial charge in [0.15, 0.2) is 0 Å². The van der Waals surface area contributed by atoms with Crippen molar-refractivity contribution in [3.8, 4) is 44.5 Å². The van der Waals surface area contributed by atoms with Crippen molar-refractivity contribution in [2.75, 3.05) is 4.90 Å². The van der Waals surface area contributed by atoms with E-state index >= 15 is 0 Å². The Hall–Kier alpha value is -7.52. The highest BCUT2D eigenvalue weighted by Gasteiger charge is 2.51. The molecule has 0 saturated carbocycles. The van der Waals surface area contributed by atoms with E-state index in [-0.39, 0.29) is 0 Å². The Bertz CT molecular complexity index is 3460. The van der Waals surface area contributed by atoms with E-state index in [9.17, 15) is 0 Å². The van der Waals surface area contributed by atoms with Crippen LogP contribution < -0.4 is 4.90 Å². The second kappa shape index (κ2) is 13.2. The summed E-state index contributed by atoms with van der Waals surface area (Å²) < 4.78 is 2.59. The molecule has 2 heteroatoms. The van der Waals surface area contributed by atoms with Crippen LogP contribution in [0.2, 0.25) is 0 Å². The van der Waals surface area contributed by atoms with Gasteiger partial charge < -0.3 is 4.90 Å². The highest BCUT2D eigenvalue weighted by atomic mass is 32.1. The summed E-state index contributed by atoms with van der Waals surface area (Å²) in [6.07, 6.45) is 0. The molecule has 0 aliphatic heterocycles. The van der Waals surface area contributed by atoms with Crippen molar-refractivity contribution >= 4 is 59.3 Å². The lowest BCUT2D eigenvalue weighted by Gasteiger charge is -2.32. The molecule has 0 N–H and O–H groups in total.